The van der Waals surface area contributed by atoms with Crippen LogP contribution in [0.15, 0.2) is 71.8 Å². The van der Waals surface area contributed by atoms with Gasteiger partial charge in [0.2, 0.25) is 0 Å². The van der Waals surface area contributed by atoms with Crippen molar-refractivity contribution in [3.8, 4) is 22.3 Å². The van der Waals surface area contributed by atoms with E-state index in [0.29, 0.717) is 19.1 Å². The number of fused-ring (bicyclic) bond motifs is 2. The van der Waals surface area contributed by atoms with E-state index in [1.165, 1.54) is 63.9 Å². The summed E-state index contributed by atoms with van der Waals surface area (Å²) in [5.74, 6) is 1.10. The van der Waals surface area contributed by atoms with E-state index >= 15 is 0 Å². The number of rotatable bonds is 6. The monoisotopic (exact) mass is 738 g/mol. The second-order valence-electron chi connectivity index (χ2n) is 15.3. The topological polar surface area (TPSA) is 0 Å². The molecule has 2 unspecified atom stereocenters. The van der Waals surface area contributed by atoms with E-state index in [4.69, 9.17) is 0 Å². The van der Waals surface area contributed by atoms with Gasteiger partial charge in [0.1, 0.15) is 0 Å². The molecule has 0 nitrogen and oxygen atoms in total. The van der Waals surface area contributed by atoms with Crippen molar-refractivity contribution in [1.82, 2.24) is 0 Å². The summed E-state index contributed by atoms with van der Waals surface area (Å²) in [4.78, 5) is 0. The molecule has 0 spiro atoms. The molecule has 0 amide bonds. The summed E-state index contributed by atoms with van der Waals surface area (Å²) in [6.45, 7) is 23.9. The Morgan fingerprint density at radius 3 is 1.26 bits per heavy atom. The summed E-state index contributed by atoms with van der Waals surface area (Å²) in [5.41, 5.74) is 24.3. The first-order valence-corrected chi connectivity index (χ1v) is 23.6. The predicted molar refractivity (Wildman–Crippen MR) is 193 cm³/mol. The van der Waals surface area contributed by atoms with Gasteiger partial charge in [0.05, 0.1) is 0 Å². The van der Waals surface area contributed by atoms with Crippen LogP contribution in [0, 0.1) is 53.4 Å². The van der Waals surface area contributed by atoms with Crippen LogP contribution in [-0.4, -0.2) is 0 Å². The number of benzene rings is 4. The molecule has 3 heteroatoms. The Labute approximate surface area is 301 Å². The van der Waals surface area contributed by atoms with Crippen LogP contribution in [0.1, 0.15) is 90.6 Å². The van der Waals surface area contributed by atoms with Gasteiger partial charge in [-0.15, -0.1) is 0 Å². The van der Waals surface area contributed by atoms with Crippen LogP contribution in [0.5, 0.6) is 0 Å². The second-order valence-corrected chi connectivity index (χ2v) is 26.7. The van der Waals surface area contributed by atoms with Crippen LogP contribution in [0.4, 0.5) is 0 Å². The number of allylic oxidation sites excluding steroid dienone is 2. The van der Waals surface area contributed by atoms with Crippen LogP contribution in [0.25, 0.3) is 34.4 Å². The number of aryl methyl sites for hydroxylation is 4. The zero-order valence-electron chi connectivity index (χ0n) is 29.9. The average molecular weight is 741 g/mol. The van der Waals surface area contributed by atoms with E-state index in [1.54, 1.807) is 33.4 Å². The van der Waals surface area contributed by atoms with E-state index in [9.17, 15) is 0 Å². The molecule has 3 aliphatic rings. The van der Waals surface area contributed by atoms with Gasteiger partial charge in [-0.1, -0.05) is 0 Å². The summed E-state index contributed by atoms with van der Waals surface area (Å²) < 4.78 is 4.30. The molecule has 244 valence electrons. The number of halogens is 2. The van der Waals surface area contributed by atoms with Gasteiger partial charge in [-0.05, 0) is 0 Å². The van der Waals surface area contributed by atoms with Crippen LogP contribution < -0.4 is 24.8 Å². The Morgan fingerprint density at radius 1 is 0.553 bits per heavy atom. The van der Waals surface area contributed by atoms with E-state index in [-0.39, 0.29) is 24.8 Å². The molecule has 47 heavy (non-hydrogen) atoms. The zero-order chi connectivity index (χ0) is 31.9. The number of hydrogen-bond donors (Lipinski definition) is 0. The maximum Gasteiger partial charge on any atom is -1.00 e. The maximum atomic E-state index is 2.68. The van der Waals surface area contributed by atoms with E-state index in [0.717, 1.165) is 0 Å². The molecule has 2 aliphatic carbocycles. The molecule has 2 atom stereocenters. The fraction of sp³-hybridized carbons (Fsp3) is 0.364. The first kappa shape index (κ1) is 36.1. The van der Waals surface area contributed by atoms with Crippen molar-refractivity contribution in [2.24, 2.45) is 11.8 Å². The Balaban J connectivity index is 0.00000217. The molecule has 0 bridgehead atoms. The molecule has 1 fully saturated rings. The van der Waals surface area contributed by atoms with Crippen LogP contribution >= 0.6 is 0 Å². The van der Waals surface area contributed by atoms with Crippen molar-refractivity contribution in [3.05, 3.63) is 127 Å². The Kier molecular flexibility index (Phi) is 10.2. The molecule has 7 rings (SSSR count). The third-order valence-electron chi connectivity index (χ3n) is 11.7. The predicted octanol–water partition coefficient (Wildman–Crippen LogP) is 6.77. The minimum Gasteiger partial charge on any atom is -1.00 e. The third-order valence-corrected chi connectivity index (χ3v) is 24.5. The van der Waals surface area contributed by atoms with Gasteiger partial charge in [0, 0.05) is 0 Å². The molecule has 1 aliphatic heterocycles. The van der Waals surface area contributed by atoms with E-state index in [2.05, 4.69) is 142 Å². The average Bonchev–Trinajstić information content (AvgIpc) is 3.50. The minimum absolute atomic E-state index is 0. The fourth-order valence-electron chi connectivity index (χ4n) is 9.04. The third kappa shape index (κ3) is 5.81. The summed E-state index contributed by atoms with van der Waals surface area (Å²) in [5, 5.41) is 0. The van der Waals surface area contributed by atoms with Gasteiger partial charge in [0.25, 0.3) is 0 Å². The quantitative estimate of drug-likeness (QED) is 0.205. The van der Waals surface area contributed by atoms with E-state index in [1.807, 2.05) is 0 Å². The van der Waals surface area contributed by atoms with Crippen molar-refractivity contribution in [1.29, 1.82) is 0 Å². The molecule has 4 aromatic rings. The van der Waals surface area contributed by atoms with Crippen molar-refractivity contribution in [2.45, 2.75) is 84.7 Å². The molecular weight excluding hydrogens is 691 g/mol. The van der Waals surface area contributed by atoms with Gasteiger partial charge in [-0.25, -0.2) is 0 Å². The maximum absolute atomic E-state index is 2.91. The summed E-state index contributed by atoms with van der Waals surface area (Å²) >= 11 is -2.91. The fourth-order valence-corrected chi connectivity index (χ4v) is 27.6. The van der Waals surface area contributed by atoms with Crippen molar-refractivity contribution >= 4 is 12.2 Å². The van der Waals surface area contributed by atoms with E-state index < -0.39 is 20.3 Å². The molecular formula is C44H50Cl2Zr. The molecule has 0 radical (unpaired) electrons. The summed E-state index contributed by atoms with van der Waals surface area (Å²) in [7, 11) is 0. The van der Waals surface area contributed by atoms with Gasteiger partial charge in [-0.3, -0.25) is 0 Å². The van der Waals surface area contributed by atoms with Crippen molar-refractivity contribution in [2.75, 3.05) is 0 Å². The van der Waals surface area contributed by atoms with Crippen LogP contribution in [-0.2, 0) is 20.3 Å². The molecule has 1 saturated heterocycles. The summed E-state index contributed by atoms with van der Waals surface area (Å²) in [6.07, 6.45) is 5.36. The van der Waals surface area contributed by atoms with Gasteiger partial charge >= 0.3 is 279 Å². The van der Waals surface area contributed by atoms with Crippen LogP contribution in [0.2, 0.25) is 8.26 Å². The Hall–Kier alpha value is -2.18. The largest absolute Gasteiger partial charge is 1.00 e. The van der Waals surface area contributed by atoms with Crippen molar-refractivity contribution < 1.29 is 45.1 Å². The van der Waals surface area contributed by atoms with Gasteiger partial charge < -0.3 is 24.8 Å². The molecule has 0 aromatic heterocycles. The molecule has 0 N–H and O–H groups in total. The molecule has 0 saturated carbocycles. The smallest absolute Gasteiger partial charge is 1.00 e. The summed E-state index contributed by atoms with van der Waals surface area (Å²) in [6, 6.07) is 23.3. The minimum atomic E-state index is -2.91. The SMILES string of the molecule is Cc1cccc(-c2cc(C)c(C)c3c2C=C(C(C)C)[CH]3[Zr+2]2([CH]3C(C(C)C)=Cc4c(-c5cccc(C)c5)cc(C)c(C)c43)[CH2][CH2]2)c1.[Cl-].[Cl-]. The van der Waals surface area contributed by atoms with Gasteiger partial charge in [-0.2, -0.15) is 0 Å². The first-order valence-electron chi connectivity index (χ1n) is 17.3. The molecule has 1 heterocycles. The normalized spacial score (nSPS) is 18.0. The molecule has 4 aromatic carbocycles. The standard InChI is InChI=1S/2C21H23.C2H4.2ClH.Zr/c2*1-13(2)18-11-19-16(5)15(4)10-20(21(19)12-18)17-8-6-7-14(3)9-17;1-2;;;/h2*6-13H,1-5H3;1-2H2;2*1H;/q;;;;;+2/p-2. The van der Waals surface area contributed by atoms with Crippen LogP contribution in [0.3, 0.4) is 0 Å². The second kappa shape index (κ2) is 13.3. The Bertz CT molecular complexity index is 1800. The van der Waals surface area contributed by atoms with Gasteiger partial charge in [0.15, 0.2) is 0 Å². The first-order chi connectivity index (χ1) is 21.4. The number of hydrogen-bond acceptors (Lipinski definition) is 0. The zero-order valence-corrected chi connectivity index (χ0v) is 33.9. The Morgan fingerprint density at radius 2 is 0.936 bits per heavy atom. The van der Waals surface area contributed by atoms with Crippen molar-refractivity contribution in [3.63, 3.8) is 0 Å².